The molecule has 0 saturated heterocycles. The summed E-state index contributed by atoms with van der Waals surface area (Å²) in [5.41, 5.74) is 0.609. The standard InChI is InChI=1S/C15H24FNO/c1-5-10-17-14(15(3,6-2)18-4)12-8-7-9-13(16)11-12/h7-9,11,14,17H,5-6,10H2,1-4H3. The van der Waals surface area contributed by atoms with Crippen molar-refractivity contribution in [3.8, 4) is 0 Å². The number of hydrogen-bond acceptors (Lipinski definition) is 2. The van der Waals surface area contributed by atoms with Crippen molar-refractivity contribution in [1.82, 2.24) is 5.32 Å². The molecule has 0 spiro atoms. The molecule has 1 rings (SSSR count). The van der Waals surface area contributed by atoms with Gasteiger partial charge in [0.1, 0.15) is 5.82 Å². The summed E-state index contributed by atoms with van der Waals surface area (Å²) in [5, 5.41) is 3.46. The first-order valence-electron chi connectivity index (χ1n) is 6.61. The summed E-state index contributed by atoms with van der Waals surface area (Å²) in [6.45, 7) is 7.15. The lowest BCUT2D eigenvalue weighted by Crippen LogP contribution is -2.43. The van der Waals surface area contributed by atoms with Gasteiger partial charge in [-0.25, -0.2) is 4.39 Å². The second kappa shape index (κ2) is 6.86. The summed E-state index contributed by atoms with van der Waals surface area (Å²) in [5.74, 6) is -0.203. The van der Waals surface area contributed by atoms with E-state index in [2.05, 4.69) is 26.1 Å². The summed E-state index contributed by atoms with van der Waals surface area (Å²) < 4.78 is 19.0. The second-order valence-corrected chi connectivity index (χ2v) is 4.81. The van der Waals surface area contributed by atoms with Crippen LogP contribution in [0.25, 0.3) is 0 Å². The van der Waals surface area contributed by atoms with Gasteiger partial charge in [0, 0.05) is 7.11 Å². The van der Waals surface area contributed by atoms with E-state index in [1.165, 1.54) is 6.07 Å². The van der Waals surface area contributed by atoms with Crippen LogP contribution in [0.5, 0.6) is 0 Å². The van der Waals surface area contributed by atoms with E-state index in [4.69, 9.17) is 4.74 Å². The normalized spacial score (nSPS) is 16.3. The smallest absolute Gasteiger partial charge is 0.123 e. The number of methoxy groups -OCH3 is 1. The number of benzene rings is 1. The van der Waals surface area contributed by atoms with Gasteiger partial charge in [0.15, 0.2) is 0 Å². The fourth-order valence-corrected chi connectivity index (χ4v) is 2.13. The maximum Gasteiger partial charge on any atom is 0.123 e. The van der Waals surface area contributed by atoms with Crippen molar-refractivity contribution in [1.29, 1.82) is 0 Å². The van der Waals surface area contributed by atoms with Crippen molar-refractivity contribution < 1.29 is 9.13 Å². The Kier molecular flexibility index (Phi) is 5.76. The molecule has 0 fully saturated rings. The molecule has 1 aromatic carbocycles. The average Bonchev–Trinajstić information content (AvgIpc) is 2.39. The Labute approximate surface area is 110 Å². The van der Waals surface area contributed by atoms with Gasteiger partial charge < -0.3 is 10.1 Å². The van der Waals surface area contributed by atoms with E-state index in [1.807, 2.05) is 6.07 Å². The number of hydrogen-bond donors (Lipinski definition) is 1. The van der Waals surface area contributed by atoms with E-state index in [1.54, 1.807) is 19.2 Å². The second-order valence-electron chi connectivity index (χ2n) is 4.81. The van der Waals surface area contributed by atoms with Crippen LogP contribution in [-0.4, -0.2) is 19.3 Å². The van der Waals surface area contributed by atoms with Crippen molar-refractivity contribution in [2.24, 2.45) is 0 Å². The predicted molar refractivity (Wildman–Crippen MR) is 73.1 cm³/mol. The van der Waals surface area contributed by atoms with Crippen LogP contribution in [0.4, 0.5) is 4.39 Å². The monoisotopic (exact) mass is 253 g/mol. The van der Waals surface area contributed by atoms with Crippen molar-refractivity contribution in [2.45, 2.75) is 45.3 Å². The van der Waals surface area contributed by atoms with Crippen LogP contribution in [0.2, 0.25) is 0 Å². The Bertz CT molecular complexity index is 363. The molecule has 0 saturated carbocycles. The highest BCUT2D eigenvalue weighted by Crippen LogP contribution is 2.31. The molecule has 0 aromatic heterocycles. The third-order valence-electron chi connectivity index (χ3n) is 3.56. The summed E-state index contributed by atoms with van der Waals surface area (Å²) in [4.78, 5) is 0. The maximum absolute atomic E-state index is 13.4. The van der Waals surface area contributed by atoms with Crippen LogP contribution in [0.15, 0.2) is 24.3 Å². The molecule has 0 radical (unpaired) electrons. The van der Waals surface area contributed by atoms with E-state index in [9.17, 15) is 4.39 Å². The molecule has 0 bridgehead atoms. The van der Waals surface area contributed by atoms with Crippen LogP contribution in [0, 0.1) is 5.82 Å². The SMILES string of the molecule is CCCNC(c1cccc(F)c1)C(C)(CC)OC. The van der Waals surface area contributed by atoms with E-state index >= 15 is 0 Å². The number of rotatable bonds is 7. The van der Waals surface area contributed by atoms with Crippen LogP contribution in [0.3, 0.4) is 0 Å². The molecule has 1 aromatic rings. The predicted octanol–water partition coefficient (Wildman–Crippen LogP) is 3.68. The summed E-state index contributed by atoms with van der Waals surface area (Å²) in [7, 11) is 1.71. The third-order valence-corrected chi connectivity index (χ3v) is 3.56. The number of ether oxygens (including phenoxy) is 1. The molecule has 18 heavy (non-hydrogen) atoms. The molecule has 102 valence electrons. The molecule has 2 atom stereocenters. The van der Waals surface area contributed by atoms with Gasteiger partial charge in [0.25, 0.3) is 0 Å². The minimum atomic E-state index is -0.330. The molecule has 0 aliphatic rings. The molecule has 0 aliphatic carbocycles. The molecule has 0 aliphatic heterocycles. The van der Waals surface area contributed by atoms with E-state index < -0.39 is 0 Å². The molecule has 0 heterocycles. The molecule has 3 heteroatoms. The molecular formula is C15H24FNO. The zero-order valence-electron chi connectivity index (χ0n) is 11.8. The fourth-order valence-electron chi connectivity index (χ4n) is 2.13. The van der Waals surface area contributed by atoms with Gasteiger partial charge in [-0.05, 0) is 44.0 Å². The molecular weight excluding hydrogens is 229 g/mol. The summed E-state index contributed by atoms with van der Waals surface area (Å²) >= 11 is 0. The van der Waals surface area contributed by atoms with Crippen LogP contribution in [-0.2, 0) is 4.74 Å². The highest BCUT2D eigenvalue weighted by atomic mass is 19.1. The van der Waals surface area contributed by atoms with Crippen LogP contribution in [0.1, 0.15) is 45.2 Å². The Morgan fingerprint density at radius 3 is 2.61 bits per heavy atom. The molecule has 0 amide bonds. The number of nitrogens with one attached hydrogen (secondary N) is 1. The topological polar surface area (TPSA) is 21.3 Å². The maximum atomic E-state index is 13.4. The first-order chi connectivity index (χ1) is 8.57. The highest BCUT2D eigenvalue weighted by molar-refractivity contribution is 5.23. The zero-order chi connectivity index (χ0) is 13.6. The van der Waals surface area contributed by atoms with E-state index in [-0.39, 0.29) is 17.5 Å². The Morgan fingerprint density at radius 1 is 1.39 bits per heavy atom. The lowest BCUT2D eigenvalue weighted by atomic mass is 9.87. The lowest BCUT2D eigenvalue weighted by molar-refractivity contribution is -0.0300. The summed E-state index contributed by atoms with van der Waals surface area (Å²) in [6.07, 6.45) is 1.90. The van der Waals surface area contributed by atoms with E-state index in [0.29, 0.717) is 0 Å². The molecule has 1 N–H and O–H groups in total. The van der Waals surface area contributed by atoms with Crippen molar-refractivity contribution >= 4 is 0 Å². The average molecular weight is 253 g/mol. The van der Waals surface area contributed by atoms with Crippen molar-refractivity contribution in [3.05, 3.63) is 35.6 Å². The van der Waals surface area contributed by atoms with Crippen LogP contribution >= 0.6 is 0 Å². The van der Waals surface area contributed by atoms with Crippen molar-refractivity contribution in [3.63, 3.8) is 0 Å². The first kappa shape index (κ1) is 15.1. The third kappa shape index (κ3) is 3.53. The Hall–Kier alpha value is -0.930. The zero-order valence-corrected chi connectivity index (χ0v) is 11.8. The molecule has 2 unspecified atom stereocenters. The summed E-state index contributed by atoms with van der Waals surface area (Å²) in [6, 6.07) is 6.75. The van der Waals surface area contributed by atoms with Gasteiger partial charge in [-0.2, -0.15) is 0 Å². The van der Waals surface area contributed by atoms with Gasteiger partial charge in [-0.1, -0.05) is 26.0 Å². The van der Waals surface area contributed by atoms with Gasteiger partial charge in [0.05, 0.1) is 11.6 Å². The fraction of sp³-hybridized carbons (Fsp3) is 0.600. The van der Waals surface area contributed by atoms with Crippen molar-refractivity contribution in [2.75, 3.05) is 13.7 Å². The highest BCUT2D eigenvalue weighted by Gasteiger charge is 2.33. The largest absolute Gasteiger partial charge is 0.377 e. The Balaban J connectivity index is 3.04. The minimum absolute atomic E-state index is 0.00292. The molecule has 2 nitrogen and oxygen atoms in total. The first-order valence-corrected chi connectivity index (χ1v) is 6.61. The van der Waals surface area contributed by atoms with Gasteiger partial charge in [-0.3, -0.25) is 0 Å². The lowest BCUT2D eigenvalue weighted by Gasteiger charge is -2.37. The van der Waals surface area contributed by atoms with Gasteiger partial charge in [0.2, 0.25) is 0 Å². The van der Waals surface area contributed by atoms with Crippen LogP contribution < -0.4 is 5.32 Å². The minimum Gasteiger partial charge on any atom is -0.377 e. The van der Waals surface area contributed by atoms with Gasteiger partial charge >= 0.3 is 0 Å². The Morgan fingerprint density at radius 2 is 2.11 bits per heavy atom. The van der Waals surface area contributed by atoms with E-state index in [0.717, 1.165) is 24.9 Å². The quantitative estimate of drug-likeness (QED) is 0.800. The van der Waals surface area contributed by atoms with Gasteiger partial charge in [-0.15, -0.1) is 0 Å². The number of halogens is 1.